The standard InChI is InChI=1S/C16H18ClFN4O2/c1-22(2)15-13(9-19-16(21-15)24-3)20-14(23)7-5-10-4-6-12(18)11(17)8-10/h4,6,8-9H,5,7H2,1-3H3,(H,20,23). The number of aryl methyl sites for hydroxylation is 1. The van der Waals surface area contributed by atoms with Crippen molar-refractivity contribution in [1.82, 2.24) is 9.97 Å². The number of hydrogen-bond donors (Lipinski definition) is 1. The SMILES string of the molecule is COc1ncc(NC(=O)CCc2ccc(F)c(Cl)c2)c(N(C)C)n1. The second kappa shape index (κ2) is 7.92. The first kappa shape index (κ1) is 17.9. The summed E-state index contributed by atoms with van der Waals surface area (Å²) >= 11 is 5.73. The van der Waals surface area contributed by atoms with E-state index in [1.54, 1.807) is 25.1 Å². The molecule has 0 fully saturated rings. The maximum atomic E-state index is 13.1. The monoisotopic (exact) mass is 352 g/mol. The average molecular weight is 353 g/mol. The first-order valence-electron chi connectivity index (χ1n) is 7.23. The Kier molecular flexibility index (Phi) is 5.92. The van der Waals surface area contributed by atoms with E-state index in [4.69, 9.17) is 16.3 Å². The van der Waals surface area contributed by atoms with Gasteiger partial charge in [-0.25, -0.2) is 9.37 Å². The predicted octanol–water partition coefficient (Wildman–Crippen LogP) is 2.92. The van der Waals surface area contributed by atoms with Crippen molar-refractivity contribution in [1.29, 1.82) is 0 Å². The molecule has 0 aliphatic carbocycles. The number of ether oxygens (including phenoxy) is 1. The van der Waals surface area contributed by atoms with Gasteiger partial charge in [-0.1, -0.05) is 17.7 Å². The summed E-state index contributed by atoms with van der Waals surface area (Å²) < 4.78 is 18.1. The largest absolute Gasteiger partial charge is 0.467 e. The lowest BCUT2D eigenvalue weighted by atomic mass is 10.1. The molecule has 1 amide bonds. The van der Waals surface area contributed by atoms with E-state index in [0.29, 0.717) is 17.9 Å². The van der Waals surface area contributed by atoms with Crippen molar-refractivity contribution >= 4 is 29.0 Å². The van der Waals surface area contributed by atoms with Crippen LogP contribution in [-0.4, -0.2) is 37.1 Å². The molecule has 0 atom stereocenters. The van der Waals surface area contributed by atoms with Gasteiger partial charge in [0.1, 0.15) is 11.5 Å². The maximum absolute atomic E-state index is 13.1. The van der Waals surface area contributed by atoms with Crippen molar-refractivity contribution < 1.29 is 13.9 Å². The van der Waals surface area contributed by atoms with Crippen LogP contribution in [0.15, 0.2) is 24.4 Å². The fourth-order valence-corrected chi connectivity index (χ4v) is 2.25. The molecule has 1 aromatic carbocycles. The minimum absolute atomic E-state index is 0.0476. The van der Waals surface area contributed by atoms with Gasteiger partial charge in [0.05, 0.1) is 18.3 Å². The number of methoxy groups -OCH3 is 1. The highest BCUT2D eigenvalue weighted by atomic mass is 35.5. The van der Waals surface area contributed by atoms with E-state index in [1.165, 1.54) is 25.4 Å². The number of amides is 1. The summed E-state index contributed by atoms with van der Waals surface area (Å²) in [5, 5.41) is 2.82. The predicted molar refractivity (Wildman–Crippen MR) is 91.3 cm³/mol. The molecule has 6 nitrogen and oxygen atoms in total. The number of hydrogen-bond acceptors (Lipinski definition) is 5. The van der Waals surface area contributed by atoms with Gasteiger partial charge in [-0.15, -0.1) is 0 Å². The van der Waals surface area contributed by atoms with Crippen LogP contribution in [-0.2, 0) is 11.2 Å². The van der Waals surface area contributed by atoms with Gasteiger partial charge in [0.25, 0.3) is 0 Å². The van der Waals surface area contributed by atoms with Crippen molar-refractivity contribution in [2.24, 2.45) is 0 Å². The molecular weight excluding hydrogens is 335 g/mol. The molecule has 24 heavy (non-hydrogen) atoms. The highest BCUT2D eigenvalue weighted by Gasteiger charge is 2.13. The second-order valence-corrected chi connectivity index (χ2v) is 5.69. The molecule has 128 valence electrons. The van der Waals surface area contributed by atoms with E-state index >= 15 is 0 Å². The van der Waals surface area contributed by atoms with Gasteiger partial charge in [0, 0.05) is 20.5 Å². The van der Waals surface area contributed by atoms with E-state index in [9.17, 15) is 9.18 Å². The van der Waals surface area contributed by atoms with Crippen molar-refractivity contribution in [3.63, 3.8) is 0 Å². The zero-order valence-electron chi connectivity index (χ0n) is 13.6. The van der Waals surface area contributed by atoms with Crippen LogP contribution >= 0.6 is 11.6 Å². The van der Waals surface area contributed by atoms with Crippen LogP contribution in [0.25, 0.3) is 0 Å². The average Bonchev–Trinajstić information content (AvgIpc) is 2.56. The van der Waals surface area contributed by atoms with Crippen molar-refractivity contribution in [2.45, 2.75) is 12.8 Å². The normalized spacial score (nSPS) is 10.4. The molecule has 0 aliphatic heterocycles. The van der Waals surface area contributed by atoms with E-state index in [1.807, 2.05) is 0 Å². The van der Waals surface area contributed by atoms with Gasteiger partial charge in [0.15, 0.2) is 5.82 Å². The quantitative estimate of drug-likeness (QED) is 0.865. The molecule has 1 heterocycles. The number of nitrogens with zero attached hydrogens (tertiary/aromatic N) is 3. The molecule has 0 saturated heterocycles. The van der Waals surface area contributed by atoms with Crippen molar-refractivity contribution in [2.75, 3.05) is 31.4 Å². The van der Waals surface area contributed by atoms with Crippen LogP contribution in [0, 0.1) is 5.82 Å². The maximum Gasteiger partial charge on any atom is 0.318 e. The Morgan fingerprint density at radius 1 is 1.42 bits per heavy atom. The molecule has 0 spiro atoms. The first-order valence-corrected chi connectivity index (χ1v) is 7.60. The zero-order chi connectivity index (χ0) is 17.7. The summed E-state index contributed by atoms with van der Waals surface area (Å²) in [6, 6.07) is 4.64. The third kappa shape index (κ3) is 4.55. The second-order valence-electron chi connectivity index (χ2n) is 5.29. The number of halogens is 2. The number of carbonyl (C=O) groups excluding carboxylic acids is 1. The minimum atomic E-state index is -0.476. The van der Waals surface area contributed by atoms with Gasteiger partial charge in [0.2, 0.25) is 5.91 Å². The Morgan fingerprint density at radius 2 is 2.17 bits per heavy atom. The minimum Gasteiger partial charge on any atom is -0.467 e. The Labute approximate surface area is 144 Å². The Hall–Kier alpha value is -2.41. The van der Waals surface area contributed by atoms with Crippen LogP contribution in [0.1, 0.15) is 12.0 Å². The summed E-state index contributed by atoms with van der Waals surface area (Å²) in [6.45, 7) is 0. The molecular formula is C16H18ClFN4O2. The molecule has 1 N–H and O–H groups in total. The van der Waals surface area contributed by atoms with E-state index < -0.39 is 5.82 Å². The van der Waals surface area contributed by atoms with E-state index in [-0.39, 0.29) is 23.4 Å². The lowest BCUT2D eigenvalue weighted by molar-refractivity contribution is -0.116. The van der Waals surface area contributed by atoms with Gasteiger partial charge in [-0.3, -0.25) is 4.79 Å². The van der Waals surface area contributed by atoms with E-state index in [0.717, 1.165) is 5.56 Å². The van der Waals surface area contributed by atoms with Gasteiger partial charge in [-0.2, -0.15) is 4.98 Å². The molecule has 0 unspecified atom stereocenters. The third-order valence-corrected chi connectivity index (χ3v) is 3.54. The van der Waals surface area contributed by atoms with Crippen molar-refractivity contribution in [3.8, 4) is 6.01 Å². The summed E-state index contributed by atoms with van der Waals surface area (Å²) in [4.78, 5) is 22.1. The van der Waals surface area contributed by atoms with Crippen LogP contribution in [0.3, 0.4) is 0 Å². The molecule has 0 bridgehead atoms. The molecule has 1 aromatic heterocycles. The lowest BCUT2D eigenvalue weighted by Crippen LogP contribution is -2.18. The highest BCUT2D eigenvalue weighted by Crippen LogP contribution is 2.23. The highest BCUT2D eigenvalue weighted by molar-refractivity contribution is 6.30. The molecule has 0 saturated carbocycles. The fraction of sp³-hybridized carbons (Fsp3) is 0.312. The Bertz CT molecular complexity index is 740. The molecule has 0 radical (unpaired) electrons. The zero-order valence-corrected chi connectivity index (χ0v) is 14.4. The smallest absolute Gasteiger partial charge is 0.318 e. The third-order valence-electron chi connectivity index (χ3n) is 3.25. The number of anilines is 2. The van der Waals surface area contributed by atoms with Crippen LogP contribution in [0.5, 0.6) is 6.01 Å². The summed E-state index contributed by atoms with van der Waals surface area (Å²) in [6.07, 6.45) is 2.16. The molecule has 0 aliphatic rings. The number of rotatable bonds is 6. The summed E-state index contributed by atoms with van der Waals surface area (Å²) in [5.74, 6) is -0.136. The number of carbonyl (C=O) groups is 1. The summed E-state index contributed by atoms with van der Waals surface area (Å²) in [5.41, 5.74) is 1.28. The van der Waals surface area contributed by atoms with Gasteiger partial charge >= 0.3 is 6.01 Å². The van der Waals surface area contributed by atoms with Crippen LogP contribution in [0.2, 0.25) is 5.02 Å². The van der Waals surface area contributed by atoms with Gasteiger partial charge in [-0.05, 0) is 24.1 Å². The topological polar surface area (TPSA) is 67.3 Å². The lowest BCUT2D eigenvalue weighted by Gasteiger charge is -2.16. The summed E-state index contributed by atoms with van der Waals surface area (Å²) in [7, 11) is 5.08. The Balaban J connectivity index is 2.02. The molecule has 8 heteroatoms. The fourth-order valence-electron chi connectivity index (χ4n) is 2.05. The number of aromatic nitrogens is 2. The molecule has 2 rings (SSSR count). The van der Waals surface area contributed by atoms with Crippen LogP contribution in [0.4, 0.5) is 15.9 Å². The van der Waals surface area contributed by atoms with Crippen LogP contribution < -0.4 is 15.0 Å². The van der Waals surface area contributed by atoms with E-state index in [2.05, 4.69) is 15.3 Å². The Morgan fingerprint density at radius 3 is 2.79 bits per heavy atom. The number of benzene rings is 1. The molecule has 2 aromatic rings. The number of nitrogens with one attached hydrogen (secondary N) is 1. The van der Waals surface area contributed by atoms with Gasteiger partial charge < -0.3 is 15.0 Å². The first-order chi connectivity index (χ1) is 11.4. The van der Waals surface area contributed by atoms with Crippen molar-refractivity contribution in [3.05, 3.63) is 40.8 Å².